The minimum atomic E-state index is -0.176. The fourth-order valence-electron chi connectivity index (χ4n) is 0.927. The zero-order chi connectivity index (χ0) is 6.85. The average Bonchev–Trinajstić information content (AvgIpc) is 2.10. The van der Waals surface area contributed by atoms with Crippen molar-refractivity contribution >= 4 is 6.09 Å². The molecule has 3 heteroatoms. The Morgan fingerprint density at radius 2 is 2.56 bits per heavy atom. The van der Waals surface area contributed by atoms with E-state index in [1.54, 1.807) is 4.90 Å². The summed E-state index contributed by atoms with van der Waals surface area (Å²) in [6.45, 7) is 5.34. The van der Waals surface area contributed by atoms with E-state index in [0.29, 0.717) is 0 Å². The summed E-state index contributed by atoms with van der Waals surface area (Å²) in [5, 5.41) is 0. The molecule has 0 aromatic rings. The van der Waals surface area contributed by atoms with E-state index in [2.05, 4.69) is 0 Å². The van der Waals surface area contributed by atoms with Crippen LogP contribution >= 0.6 is 0 Å². The van der Waals surface area contributed by atoms with Gasteiger partial charge in [-0.3, -0.25) is 0 Å². The molecule has 1 saturated heterocycles. The van der Waals surface area contributed by atoms with Gasteiger partial charge in [0, 0.05) is 6.54 Å². The summed E-state index contributed by atoms with van der Waals surface area (Å²) in [7, 11) is 0. The van der Waals surface area contributed by atoms with Gasteiger partial charge in [0.2, 0.25) is 0 Å². The lowest BCUT2D eigenvalue weighted by Gasteiger charge is -2.06. The van der Waals surface area contributed by atoms with Gasteiger partial charge in [-0.15, -0.1) is 0 Å². The molecule has 9 heavy (non-hydrogen) atoms. The van der Waals surface area contributed by atoms with E-state index in [-0.39, 0.29) is 12.2 Å². The fourth-order valence-corrected chi connectivity index (χ4v) is 0.927. The lowest BCUT2D eigenvalue weighted by Crippen LogP contribution is -2.23. The number of ether oxygens (including phenoxy) is 1. The first-order valence-corrected chi connectivity index (χ1v) is 3.19. The molecule has 0 bridgehead atoms. The summed E-state index contributed by atoms with van der Waals surface area (Å²) in [5.74, 6) is 0. The topological polar surface area (TPSA) is 29.5 Å². The van der Waals surface area contributed by atoms with Gasteiger partial charge in [0.25, 0.3) is 0 Å². The van der Waals surface area contributed by atoms with Crippen LogP contribution < -0.4 is 0 Å². The van der Waals surface area contributed by atoms with Crippen molar-refractivity contribution in [3.8, 4) is 0 Å². The predicted molar refractivity (Wildman–Crippen MR) is 33.2 cm³/mol. The molecule has 0 saturated carbocycles. The molecule has 0 aromatic carbocycles. The molecule has 3 nitrogen and oxygen atoms in total. The Labute approximate surface area is 54.6 Å². The second-order valence-corrected chi connectivity index (χ2v) is 2.23. The van der Waals surface area contributed by atoms with Crippen molar-refractivity contribution in [2.24, 2.45) is 0 Å². The van der Waals surface area contributed by atoms with Gasteiger partial charge in [0.15, 0.2) is 0 Å². The van der Waals surface area contributed by atoms with E-state index in [9.17, 15) is 4.79 Å². The highest BCUT2D eigenvalue weighted by Gasteiger charge is 2.25. The number of amides is 1. The van der Waals surface area contributed by atoms with Gasteiger partial charge in [-0.1, -0.05) is 0 Å². The molecular formula is C6H11NO2. The van der Waals surface area contributed by atoms with E-state index in [1.165, 1.54) is 0 Å². The second-order valence-electron chi connectivity index (χ2n) is 2.23. The van der Waals surface area contributed by atoms with E-state index < -0.39 is 0 Å². The summed E-state index contributed by atoms with van der Waals surface area (Å²) in [5.41, 5.74) is 0. The zero-order valence-corrected chi connectivity index (χ0v) is 5.76. The predicted octanol–water partition coefficient (Wildman–Crippen LogP) is 0.847. The van der Waals surface area contributed by atoms with Crippen LogP contribution in [0.3, 0.4) is 0 Å². The van der Waals surface area contributed by atoms with Gasteiger partial charge in [0.1, 0.15) is 6.10 Å². The smallest absolute Gasteiger partial charge is 0.410 e. The van der Waals surface area contributed by atoms with Crippen LogP contribution in [-0.4, -0.2) is 30.2 Å². The van der Waals surface area contributed by atoms with Crippen molar-refractivity contribution in [1.82, 2.24) is 4.90 Å². The van der Waals surface area contributed by atoms with Crippen LogP contribution in [0, 0.1) is 0 Å². The molecule has 1 aliphatic rings. The van der Waals surface area contributed by atoms with Crippen LogP contribution in [0.25, 0.3) is 0 Å². The molecule has 1 amide bonds. The summed E-state index contributed by atoms with van der Waals surface area (Å²) < 4.78 is 4.85. The number of carbonyl (C=O) groups is 1. The standard InChI is InChI=1S/C6H11NO2/c1-3-7-4-5(2)9-6(7)8/h5H,3-4H2,1-2H3. The molecule has 52 valence electrons. The van der Waals surface area contributed by atoms with Gasteiger partial charge in [0.05, 0.1) is 6.54 Å². The Bertz CT molecular complexity index is 124. The maximum Gasteiger partial charge on any atom is 0.410 e. The van der Waals surface area contributed by atoms with Crippen LogP contribution in [0.4, 0.5) is 4.79 Å². The van der Waals surface area contributed by atoms with Crippen molar-refractivity contribution in [3.05, 3.63) is 0 Å². The van der Waals surface area contributed by atoms with E-state index in [0.717, 1.165) is 13.1 Å². The molecule has 0 radical (unpaired) electrons. The number of rotatable bonds is 1. The highest BCUT2D eigenvalue weighted by Crippen LogP contribution is 2.08. The van der Waals surface area contributed by atoms with Crippen molar-refractivity contribution in [1.29, 1.82) is 0 Å². The maximum absolute atomic E-state index is 10.7. The third-order valence-electron chi connectivity index (χ3n) is 1.42. The van der Waals surface area contributed by atoms with Gasteiger partial charge >= 0.3 is 6.09 Å². The molecular weight excluding hydrogens is 118 g/mol. The summed E-state index contributed by atoms with van der Waals surface area (Å²) in [4.78, 5) is 12.4. The lowest BCUT2D eigenvalue weighted by molar-refractivity contribution is 0.139. The van der Waals surface area contributed by atoms with Crippen LogP contribution in [-0.2, 0) is 4.74 Å². The Morgan fingerprint density at radius 3 is 2.78 bits per heavy atom. The van der Waals surface area contributed by atoms with E-state index >= 15 is 0 Å². The van der Waals surface area contributed by atoms with Gasteiger partial charge in [-0.25, -0.2) is 4.79 Å². The Hall–Kier alpha value is -0.730. The van der Waals surface area contributed by atoms with Crippen molar-refractivity contribution in [3.63, 3.8) is 0 Å². The van der Waals surface area contributed by atoms with E-state index in [4.69, 9.17) is 4.74 Å². The van der Waals surface area contributed by atoms with Crippen LogP contribution in [0.2, 0.25) is 0 Å². The van der Waals surface area contributed by atoms with Gasteiger partial charge < -0.3 is 9.64 Å². The second kappa shape index (κ2) is 2.25. The quantitative estimate of drug-likeness (QED) is 0.525. The molecule has 0 spiro atoms. The highest BCUT2D eigenvalue weighted by molar-refractivity contribution is 5.69. The number of hydrogen-bond acceptors (Lipinski definition) is 2. The monoisotopic (exact) mass is 129 g/mol. The first-order chi connectivity index (χ1) is 4.24. The van der Waals surface area contributed by atoms with Crippen LogP contribution in [0.5, 0.6) is 0 Å². The Balaban J connectivity index is 2.48. The highest BCUT2D eigenvalue weighted by atomic mass is 16.6. The van der Waals surface area contributed by atoms with E-state index in [1.807, 2.05) is 13.8 Å². The molecule has 1 aliphatic heterocycles. The third kappa shape index (κ3) is 1.15. The van der Waals surface area contributed by atoms with Crippen molar-refractivity contribution in [2.45, 2.75) is 20.0 Å². The van der Waals surface area contributed by atoms with Gasteiger partial charge in [-0.2, -0.15) is 0 Å². The first-order valence-electron chi connectivity index (χ1n) is 3.19. The third-order valence-corrected chi connectivity index (χ3v) is 1.42. The SMILES string of the molecule is CCN1CC(C)OC1=O. The minimum absolute atomic E-state index is 0.0810. The largest absolute Gasteiger partial charge is 0.445 e. The normalized spacial score (nSPS) is 26.7. The molecule has 1 heterocycles. The number of hydrogen-bond donors (Lipinski definition) is 0. The number of likely N-dealkylation sites (N-methyl/N-ethyl adjacent to an activating group) is 1. The molecule has 0 N–H and O–H groups in total. The molecule has 0 aliphatic carbocycles. The van der Waals surface area contributed by atoms with Crippen LogP contribution in [0.15, 0.2) is 0 Å². The molecule has 0 aromatic heterocycles. The summed E-state index contributed by atoms with van der Waals surface area (Å²) in [6, 6.07) is 0. The first kappa shape index (κ1) is 6.39. The van der Waals surface area contributed by atoms with Crippen molar-refractivity contribution in [2.75, 3.05) is 13.1 Å². The molecule has 1 atom stereocenters. The fraction of sp³-hybridized carbons (Fsp3) is 0.833. The minimum Gasteiger partial charge on any atom is -0.445 e. The average molecular weight is 129 g/mol. The maximum atomic E-state index is 10.7. The zero-order valence-electron chi connectivity index (χ0n) is 5.76. The lowest BCUT2D eigenvalue weighted by atomic mass is 10.4. The van der Waals surface area contributed by atoms with Crippen LogP contribution in [0.1, 0.15) is 13.8 Å². The number of cyclic esters (lactones) is 1. The summed E-state index contributed by atoms with van der Waals surface area (Å²) in [6.07, 6.45) is -0.0950. The Morgan fingerprint density at radius 1 is 1.89 bits per heavy atom. The number of carbonyl (C=O) groups excluding carboxylic acids is 1. The molecule has 1 rings (SSSR count). The van der Waals surface area contributed by atoms with Crippen molar-refractivity contribution < 1.29 is 9.53 Å². The number of nitrogens with zero attached hydrogens (tertiary/aromatic N) is 1. The summed E-state index contributed by atoms with van der Waals surface area (Å²) >= 11 is 0. The molecule has 1 fully saturated rings. The van der Waals surface area contributed by atoms with Gasteiger partial charge in [-0.05, 0) is 13.8 Å². The Kier molecular flexibility index (Phi) is 1.60. The molecule has 1 unspecified atom stereocenters.